The van der Waals surface area contributed by atoms with Gasteiger partial charge in [0, 0.05) is 23.4 Å². The van der Waals surface area contributed by atoms with Crippen LogP contribution < -0.4 is 20.2 Å². The maximum Gasteiger partial charge on any atom is 0.271 e. The molecule has 3 aromatic rings. The van der Waals surface area contributed by atoms with Gasteiger partial charge in [-0.2, -0.15) is 5.10 Å². The van der Waals surface area contributed by atoms with Crippen molar-refractivity contribution in [1.29, 1.82) is 0 Å². The highest BCUT2D eigenvalue weighted by atomic mass is 16.6. The molecule has 10 heteroatoms. The van der Waals surface area contributed by atoms with E-state index in [0.29, 0.717) is 22.7 Å². The number of hydrazone groups is 1. The Hall–Kier alpha value is -4.73. The van der Waals surface area contributed by atoms with Crippen molar-refractivity contribution >= 4 is 29.4 Å². The number of ether oxygens (including phenoxy) is 2. The molecule has 3 rings (SSSR count). The highest BCUT2D eigenvalue weighted by Gasteiger charge is 2.10. The van der Waals surface area contributed by atoms with Gasteiger partial charge >= 0.3 is 0 Å². The summed E-state index contributed by atoms with van der Waals surface area (Å²) < 4.78 is 10.9. The molecule has 3 aromatic carbocycles. The average Bonchev–Trinajstić information content (AvgIpc) is 2.84. The molecule has 0 radical (unpaired) electrons. The fourth-order valence-corrected chi connectivity index (χ4v) is 2.83. The number of benzene rings is 3. The van der Waals surface area contributed by atoms with Crippen molar-refractivity contribution in [2.45, 2.75) is 6.92 Å². The summed E-state index contributed by atoms with van der Waals surface area (Å²) in [6.45, 7) is 1.76. The number of carbonyl (C=O) groups is 2. The number of non-ortho nitro benzene ring substituents is 1. The van der Waals surface area contributed by atoms with E-state index >= 15 is 0 Å². The molecule has 0 aliphatic rings. The molecule has 0 aromatic heterocycles. The molecule has 2 N–H and O–H groups in total. The summed E-state index contributed by atoms with van der Waals surface area (Å²) >= 11 is 0. The largest absolute Gasteiger partial charge is 0.493 e. The number of hydrogen-bond acceptors (Lipinski definition) is 7. The minimum atomic E-state index is -0.545. The molecule has 174 valence electrons. The van der Waals surface area contributed by atoms with Gasteiger partial charge in [-0.3, -0.25) is 19.7 Å². The van der Waals surface area contributed by atoms with Crippen molar-refractivity contribution < 1.29 is 24.0 Å². The first-order valence-electron chi connectivity index (χ1n) is 10.1. The highest BCUT2D eigenvalue weighted by molar-refractivity contribution is 5.95. The van der Waals surface area contributed by atoms with Crippen LogP contribution in [0.3, 0.4) is 0 Å². The molecule has 2 amide bonds. The predicted octanol–water partition coefficient (Wildman–Crippen LogP) is 3.69. The van der Waals surface area contributed by atoms with E-state index in [1.807, 2.05) is 31.2 Å². The topological polar surface area (TPSA) is 132 Å². The molecule has 0 saturated carbocycles. The quantitative estimate of drug-likeness (QED) is 0.283. The summed E-state index contributed by atoms with van der Waals surface area (Å²) in [5.74, 6) is -0.0782. The van der Waals surface area contributed by atoms with E-state index in [2.05, 4.69) is 15.8 Å². The summed E-state index contributed by atoms with van der Waals surface area (Å²) in [6.07, 6.45) is 1.40. The van der Waals surface area contributed by atoms with Crippen LogP contribution in [0.15, 0.2) is 71.8 Å². The maximum absolute atomic E-state index is 12.1. The fourth-order valence-electron chi connectivity index (χ4n) is 2.83. The van der Waals surface area contributed by atoms with Crippen LogP contribution in [-0.4, -0.2) is 36.7 Å². The molecule has 0 unspecified atom stereocenters. The number of nitro groups is 1. The van der Waals surface area contributed by atoms with Crippen LogP contribution in [0.2, 0.25) is 0 Å². The zero-order valence-corrected chi connectivity index (χ0v) is 18.5. The third kappa shape index (κ3) is 6.63. The lowest BCUT2D eigenvalue weighted by Crippen LogP contribution is -2.20. The molecule has 0 atom stereocenters. The summed E-state index contributed by atoms with van der Waals surface area (Å²) in [7, 11) is 1.46. The third-order valence-electron chi connectivity index (χ3n) is 4.60. The Balaban J connectivity index is 1.55. The second-order valence-electron chi connectivity index (χ2n) is 7.12. The van der Waals surface area contributed by atoms with Gasteiger partial charge in [0.1, 0.15) is 0 Å². The van der Waals surface area contributed by atoms with Crippen molar-refractivity contribution in [2.75, 3.05) is 19.0 Å². The Kier molecular flexibility index (Phi) is 7.90. The summed E-state index contributed by atoms with van der Waals surface area (Å²) in [6, 6.07) is 17.5. The van der Waals surface area contributed by atoms with Crippen LogP contribution in [0.25, 0.3) is 0 Å². The predicted molar refractivity (Wildman–Crippen MR) is 126 cm³/mol. The summed E-state index contributed by atoms with van der Waals surface area (Å²) in [5, 5.41) is 17.3. The van der Waals surface area contributed by atoms with Gasteiger partial charge in [0.15, 0.2) is 18.1 Å². The van der Waals surface area contributed by atoms with E-state index < -0.39 is 10.8 Å². The van der Waals surface area contributed by atoms with Gasteiger partial charge in [0.25, 0.3) is 17.5 Å². The Morgan fingerprint density at radius 2 is 1.74 bits per heavy atom. The zero-order chi connectivity index (χ0) is 24.5. The molecule has 34 heavy (non-hydrogen) atoms. The van der Waals surface area contributed by atoms with E-state index in [9.17, 15) is 19.7 Å². The van der Waals surface area contributed by atoms with E-state index in [4.69, 9.17) is 9.47 Å². The molecular weight excluding hydrogens is 440 g/mol. The lowest BCUT2D eigenvalue weighted by Gasteiger charge is -2.11. The summed E-state index contributed by atoms with van der Waals surface area (Å²) in [5.41, 5.74) is 4.85. The average molecular weight is 462 g/mol. The van der Waals surface area contributed by atoms with Crippen molar-refractivity contribution in [3.05, 3.63) is 93.5 Å². The first kappa shape index (κ1) is 23.9. The van der Waals surface area contributed by atoms with Crippen LogP contribution >= 0.6 is 0 Å². The second kappa shape index (κ2) is 11.2. The maximum atomic E-state index is 12.1. The number of anilines is 1. The number of nitrogens with zero attached hydrogens (tertiary/aromatic N) is 2. The Morgan fingerprint density at radius 3 is 2.38 bits per heavy atom. The first-order valence-corrected chi connectivity index (χ1v) is 10.1. The van der Waals surface area contributed by atoms with Crippen molar-refractivity contribution in [3.8, 4) is 11.5 Å². The monoisotopic (exact) mass is 462 g/mol. The third-order valence-corrected chi connectivity index (χ3v) is 4.60. The van der Waals surface area contributed by atoms with Crippen molar-refractivity contribution in [1.82, 2.24) is 5.43 Å². The number of rotatable bonds is 9. The number of aryl methyl sites for hydroxylation is 1. The lowest BCUT2D eigenvalue weighted by atomic mass is 10.2. The molecule has 0 spiro atoms. The molecular formula is C24H22N4O6. The van der Waals surface area contributed by atoms with Crippen LogP contribution in [-0.2, 0) is 4.79 Å². The number of nitro benzene ring substituents is 1. The Morgan fingerprint density at radius 1 is 1.03 bits per heavy atom. The minimum Gasteiger partial charge on any atom is -0.493 e. The smallest absolute Gasteiger partial charge is 0.271 e. The molecule has 0 bridgehead atoms. The number of carbonyl (C=O) groups excluding carboxylic acids is 2. The van der Waals surface area contributed by atoms with Crippen molar-refractivity contribution in [3.63, 3.8) is 0 Å². The van der Waals surface area contributed by atoms with Crippen molar-refractivity contribution in [2.24, 2.45) is 5.10 Å². The Labute approximate surface area is 195 Å². The molecule has 0 heterocycles. The van der Waals surface area contributed by atoms with Gasteiger partial charge in [0.05, 0.1) is 18.2 Å². The first-order chi connectivity index (χ1) is 16.4. The fraction of sp³-hybridized carbons (Fsp3) is 0.125. The number of hydrogen-bond donors (Lipinski definition) is 2. The standard InChI is InChI=1S/C24H22N4O6/c1-16-3-8-19(9-4-16)26-23(29)15-34-21-12-5-17(13-22(21)33-2)14-25-27-24(30)18-6-10-20(11-7-18)28(31)32/h3-14H,15H2,1-2H3,(H,26,29)(H,27,30)/b25-14-. The van der Waals surface area contributed by atoms with Gasteiger partial charge in [-0.1, -0.05) is 17.7 Å². The SMILES string of the molecule is COc1cc(/C=N\NC(=O)c2ccc([N+](=O)[O-])cc2)ccc1OCC(=O)Nc1ccc(C)cc1. The number of methoxy groups -OCH3 is 1. The molecule has 10 nitrogen and oxygen atoms in total. The van der Waals surface area contributed by atoms with E-state index in [1.54, 1.807) is 18.2 Å². The molecule has 0 aliphatic carbocycles. The molecule has 0 aliphatic heterocycles. The molecule has 0 saturated heterocycles. The van der Waals surface area contributed by atoms with Gasteiger partial charge in [-0.15, -0.1) is 0 Å². The Bertz CT molecular complexity index is 1210. The van der Waals surface area contributed by atoms with Gasteiger partial charge in [0.2, 0.25) is 0 Å². The van der Waals surface area contributed by atoms with Gasteiger partial charge < -0.3 is 14.8 Å². The van der Waals surface area contributed by atoms with Crippen LogP contribution in [0.1, 0.15) is 21.5 Å². The zero-order valence-electron chi connectivity index (χ0n) is 18.5. The minimum absolute atomic E-state index is 0.109. The van der Waals surface area contributed by atoms with Gasteiger partial charge in [-0.25, -0.2) is 5.43 Å². The normalized spacial score (nSPS) is 10.5. The number of amides is 2. The summed E-state index contributed by atoms with van der Waals surface area (Å²) in [4.78, 5) is 34.4. The van der Waals surface area contributed by atoms with E-state index in [-0.39, 0.29) is 23.8 Å². The van der Waals surface area contributed by atoms with Crippen LogP contribution in [0, 0.1) is 17.0 Å². The van der Waals surface area contributed by atoms with E-state index in [0.717, 1.165) is 5.56 Å². The molecule has 0 fully saturated rings. The lowest BCUT2D eigenvalue weighted by molar-refractivity contribution is -0.384. The van der Waals surface area contributed by atoms with Crippen LogP contribution in [0.4, 0.5) is 11.4 Å². The van der Waals surface area contributed by atoms with Gasteiger partial charge in [-0.05, 0) is 55.0 Å². The van der Waals surface area contributed by atoms with E-state index in [1.165, 1.54) is 37.6 Å². The second-order valence-corrected chi connectivity index (χ2v) is 7.12. The van der Waals surface area contributed by atoms with Crippen LogP contribution in [0.5, 0.6) is 11.5 Å². The highest BCUT2D eigenvalue weighted by Crippen LogP contribution is 2.27. The number of nitrogens with one attached hydrogen (secondary N) is 2.